The normalized spacial score (nSPS) is 10.8. The van der Waals surface area contributed by atoms with E-state index < -0.39 is 0 Å². The fourth-order valence-corrected chi connectivity index (χ4v) is 1.88. The Hall–Kier alpha value is 0.0969. The molecule has 15 heavy (non-hydrogen) atoms. The van der Waals surface area contributed by atoms with Gasteiger partial charge in [0.05, 0.1) is 26.4 Å². The van der Waals surface area contributed by atoms with Crippen molar-refractivity contribution in [2.24, 2.45) is 0 Å². The Morgan fingerprint density at radius 1 is 0.933 bits per heavy atom. The summed E-state index contributed by atoms with van der Waals surface area (Å²) in [5, 5.41) is 0. The first-order chi connectivity index (χ1) is 7.41. The maximum Gasteiger partial charge on any atom is 0.229 e. The zero-order chi connectivity index (χ0) is 11.2. The van der Waals surface area contributed by atoms with Gasteiger partial charge in [0.25, 0.3) is 0 Å². The second kappa shape index (κ2) is 14.1. The third-order valence-electron chi connectivity index (χ3n) is 2.00. The van der Waals surface area contributed by atoms with Gasteiger partial charge >= 0.3 is 0 Å². The molecule has 0 saturated heterocycles. The molecule has 0 N–H and O–H groups in total. The number of rotatable bonds is 12. The van der Waals surface area contributed by atoms with Crippen LogP contribution in [0.5, 0.6) is 0 Å². The lowest BCUT2D eigenvalue weighted by atomic mass is 10.2. The van der Waals surface area contributed by atoms with Gasteiger partial charge in [-0.25, -0.2) is 0 Å². The molecule has 0 aromatic heterocycles. The zero-order valence-corrected chi connectivity index (χ0v) is 11.1. The molecular formula is C11H24O3Si. The van der Waals surface area contributed by atoms with Gasteiger partial charge in [-0.1, -0.05) is 32.6 Å². The summed E-state index contributed by atoms with van der Waals surface area (Å²) in [5.41, 5.74) is 0. The van der Waals surface area contributed by atoms with E-state index in [1.807, 2.05) is 0 Å². The number of hydrogen-bond acceptors (Lipinski definition) is 3. The van der Waals surface area contributed by atoms with Crippen molar-refractivity contribution < 1.29 is 13.9 Å². The molecule has 0 fully saturated rings. The quantitative estimate of drug-likeness (QED) is 0.382. The summed E-state index contributed by atoms with van der Waals surface area (Å²) in [4.78, 5) is 0. The van der Waals surface area contributed by atoms with E-state index in [4.69, 9.17) is 13.9 Å². The largest absolute Gasteiger partial charge is 0.415 e. The van der Waals surface area contributed by atoms with Crippen molar-refractivity contribution in [2.75, 3.05) is 33.5 Å². The molecule has 3 nitrogen and oxygen atoms in total. The summed E-state index contributed by atoms with van der Waals surface area (Å²) in [6, 6.07) is 1.21. The molecule has 0 heterocycles. The van der Waals surface area contributed by atoms with E-state index in [2.05, 4.69) is 6.92 Å². The molecule has 0 aromatic carbocycles. The molecule has 0 rings (SSSR count). The summed E-state index contributed by atoms with van der Waals surface area (Å²) in [6.07, 6.45) is 5.30. The van der Waals surface area contributed by atoms with Crippen LogP contribution < -0.4 is 0 Å². The van der Waals surface area contributed by atoms with Crippen LogP contribution in [0.4, 0.5) is 0 Å². The minimum Gasteiger partial charge on any atom is -0.415 e. The number of unbranched alkanes of at least 4 members (excludes halogenated alkanes) is 3. The van der Waals surface area contributed by atoms with Crippen molar-refractivity contribution in [3.8, 4) is 0 Å². The monoisotopic (exact) mass is 232 g/mol. The average molecular weight is 232 g/mol. The predicted molar refractivity (Wildman–Crippen MR) is 63.4 cm³/mol. The first-order valence-corrected chi connectivity index (χ1v) is 6.94. The zero-order valence-electron chi connectivity index (χ0n) is 10.1. The van der Waals surface area contributed by atoms with Gasteiger partial charge in [0.1, 0.15) is 0 Å². The fourth-order valence-electron chi connectivity index (χ4n) is 1.11. The number of ether oxygens (including phenoxy) is 2. The second-order valence-electron chi connectivity index (χ2n) is 3.41. The molecule has 0 spiro atoms. The molecule has 0 aliphatic carbocycles. The molecule has 0 bridgehead atoms. The third kappa shape index (κ3) is 14.1. The number of methoxy groups -OCH3 is 1. The minimum atomic E-state index is 0.644. The standard InChI is InChI=1S/C11H24O3Si/c1-3-4-5-6-11-15-14-10-9-13-8-7-12-2/h3-11H2,1-2H3. The van der Waals surface area contributed by atoms with Gasteiger partial charge in [-0.15, -0.1) is 0 Å². The smallest absolute Gasteiger partial charge is 0.229 e. The van der Waals surface area contributed by atoms with Crippen LogP contribution in [0, 0.1) is 0 Å². The fraction of sp³-hybridized carbons (Fsp3) is 1.00. The molecule has 90 valence electrons. The van der Waals surface area contributed by atoms with Gasteiger partial charge in [0, 0.05) is 7.11 Å². The summed E-state index contributed by atoms with van der Waals surface area (Å²) in [6.45, 7) is 4.97. The summed E-state index contributed by atoms with van der Waals surface area (Å²) in [7, 11) is 2.32. The van der Waals surface area contributed by atoms with Crippen molar-refractivity contribution in [1.29, 1.82) is 0 Å². The van der Waals surface area contributed by atoms with Gasteiger partial charge in [-0.05, 0) is 6.04 Å². The molecule has 2 radical (unpaired) electrons. The summed E-state index contributed by atoms with van der Waals surface area (Å²) < 4.78 is 15.6. The van der Waals surface area contributed by atoms with Crippen molar-refractivity contribution in [3.05, 3.63) is 0 Å². The van der Waals surface area contributed by atoms with Crippen molar-refractivity contribution in [2.45, 2.75) is 38.7 Å². The summed E-state index contributed by atoms with van der Waals surface area (Å²) >= 11 is 0. The van der Waals surface area contributed by atoms with Crippen molar-refractivity contribution >= 4 is 9.76 Å². The van der Waals surface area contributed by atoms with Gasteiger partial charge < -0.3 is 13.9 Å². The van der Waals surface area contributed by atoms with Gasteiger partial charge in [-0.3, -0.25) is 0 Å². The average Bonchev–Trinajstić information content (AvgIpc) is 2.26. The molecule has 0 aliphatic rings. The van der Waals surface area contributed by atoms with Gasteiger partial charge in [-0.2, -0.15) is 0 Å². The van der Waals surface area contributed by atoms with E-state index in [0.29, 0.717) is 29.6 Å². The van der Waals surface area contributed by atoms with Crippen LogP contribution in [0.25, 0.3) is 0 Å². The molecule has 0 saturated carbocycles. The van der Waals surface area contributed by atoms with Gasteiger partial charge in [0.15, 0.2) is 0 Å². The Morgan fingerprint density at radius 3 is 2.47 bits per heavy atom. The van der Waals surface area contributed by atoms with Crippen LogP contribution in [0.15, 0.2) is 0 Å². The first-order valence-electron chi connectivity index (χ1n) is 5.83. The third-order valence-corrected chi connectivity index (χ3v) is 2.96. The molecule has 0 amide bonds. The van der Waals surface area contributed by atoms with Crippen molar-refractivity contribution in [3.63, 3.8) is 0 Å². The molecule has 0 unspecified atom stereocenters. The van der Waals surface area contributed by atoms with E-state index in [1.54, 1.807) is 7.11 Å². The summed E-state index contributed by atoms with van der Waals surface area (Å²) in [5.74, 6) is 0. The Bertz CT molecular complexity index is 100. The van der Waals surface area contributed by atoms with Crippen LogP contribution >= 0.6 is 0 Å². The van der Waals surface area contributed by atoms with Crippen LogP contribution in [0.3, 0.4) is 0 Å². The SMILES string of the molecule is CCCCCC[Si]OCCOCCOC. The maximum absolute atomic E-state index is 5.46. The maximum atomic E-state index is 5.46. The highest BCUT2D eigenvalue weighted by atomic mass is 28.2. The Morgan fingerprint density at radius 2 is 1.73 bits per heavy atom. The minimum absolute atomic E-state index is 0.644. The van der Waals surface area contributed by atoms with Gasteiger partial charge in [0.2, 0.25) is 9.76 Å². The van der Waals surface area contributed by atoms with E-state index in [9.17, 15) is 0 Å². The van der Waals surface area contributed by atoms with E-state index >= 15 is 0 Å². The highest BCUT2D eigenvalue weighted by Crippen LogP contribution is 2.02. The highest BCUT2D eigenvalue weighted by Gasteiger charge is 1.93. The lowest BCUT2D eigenvalue weighted by molar-refractivity contribution is 0.0549. The number of hydrogen-bond donors (Lipinski definition) is 0. The molecule has 0 aliphatic heterocycles. The predicted octanol–water partition coefficient (Wildman–Crippen LogP) is 2.28. The molecule has 4 heteroatoms. The molecule has 0 atom stereocenters. The van der Waals surface area contributed by atoms with E-state index in [1.165, 1.54) is 31.7 Å². The van der Waals surface area contributed by atoms with Crippen LogP contribution in [0.1, 0.15) is 32.6 Å². The lowest BCUT2D eigenvalue weighted by Gasteiger charge is -2.04. The topological polar surface area (TPSA) is 27.7 Å². The van der Waals surface area contributed by atoms with Crippen LogP contribution in [0.2, 0.25) is 6.04 Å². The second-order valence-corrected chi connectivity index (χ2v) is 4.49. The molecular weight excluding hydrogens is 208 g/mol. The van der Waals surface area contributed by atoms with E-state index in [-0.39, 0.29) is 0 Å². The first kappa shape index (κ1) is 15.1. The van der Waals surface area contributed by atoms with Crippen LogP contribution in [-0.2, 0) is 13.9 Å². The van der Waals surface area contributed by atoms with E-state index in [0.717, 1.165) is 6.61 Å². The van der Waals surface area contributed by atoms with Crippen LogP contribution in [-0.4, -0.2) is 43.3 Å². The molecule has 0 aromatic rings. The Labute approximate surface area is 96.4 Å². The van der Waals surface area contributed by atoms with Crippen molar-refractivity contribution in [1.82, 2.24) is 0 Å². The Kier molecular flexibility index (Phi) is 14.2. The Balaban J connectivity index is 2.81. The highest BCUT2D eigenvalue weighted by molar-refractivity contribution is 6.26. The lowest BCUT2D eigenvalue weighted by Crippen LogP contribution is -2.10.